The van der Waals surface area contributed by atoms with Gasteiger partial charge in [0.1, 0.15) is 0 Å². The quantitative estimate of drug-likeness (QED) is 0.545. The molecule has 2 rings (SSSR count). The molecule has 1 heterocycles. The van der Waals surface area contributed by atoms with Crippen LogP contribution in [0.1, 0.15) is 18.4 Å². The zero-order chi connectivity index (χ0) is 14.2. The fourth-order valence-electron chi connectivity index (χ4n) is 2.39. The highest BCUT2D eigenvalue weighted by molar-refractivity contribution is 5.75. The molecule has 0 atom stereocenters. The van der Waals surface area contributed by atoms with Crippen molar-refractivity contribution in [3.8, 4) is 0 Å². The summed E-state index contributed by atoms with van der Waals surface area (Å²) in [4.78, 5) is 23.8. The molecular weight excluding hydrogens is 256 g/mol. The fourth-order valence-corrected chi connectivity index (χ4v) is 2.39. The summed E-state index contributed by atoms with van der Waals surface area (Å²) in [7, 11) is 0. The first kappa shape index (κ1) is 14.3. The predicted octanol–water partition coefficient (Wildman–Crippen LogP) is 0.611. The van der Waals surface area contributed by atoms with Crippen LogP contribution < -0.4 is 16.2 Å². The van der Waals surface area contributed by atoms with E-state index in [0.717, 1.165) is 32.5 Å². The summed E-state index contributed by atoms with van der Waals surface area (Å²) in [6.45, 7) is 2.87. The van der Waals surface area contributed by atoms with Crippen molar-refractivity contribution in [2.45, 2.75) is 25.4 Å². The third-order valence-corrected chi connectivity index (χ3v) is 3.42. The number of nitrogens with zero attached hydrogens (tertiary/aromatic N) is 1. The number of amides is 3. The summed E-state index contributed by atoms with van der Waals surface area (Å²) < 4.78 is 0. The van der Waals surface area contributed by atoms with E-state index in [2.05, 4.69) is 33.2 Å². The molecule has 6 nitrogen and oxygen atoms in total. The molecule has 1 aliphatic heterocycles. The smallest absolute Gasteiger partial charge is 0.333 e. The fraction of sp³-hybridized carbons (Fsp3) is 0.429. The highest BCUT2D eigenvalue weighted by atomic mass is 16.2. The van der Waals surface area contributed by atoms with E-state index in [1.807, 2.05) is 18.2 Å². The minimum absolute atomic E-state index is 0.162. The Labute approximate surface area is 118 Å². The predicted molar refractivity (Wildman–Crippen MR) is 75.6 cm³/mol. The SMILES string of the molecule is O=CNNC(=O)NC1CCN(Cc2ccccc2)CC1. The third kappa shape index (κ3) is 4.55. The maximum atomic E-state index is 11.4. The van der Waals surface area contributed by atoms with E-state index in [0.29, 0.717) is 6.41 Å². The van der Waals surface area contributed by atoms with Crippen LogP contribution in [0.2, 0.25) is 0 Å². The largest absolute Gasteiger partial charge is 0.334 e. The molecule has 1 aromatic carbocycles. The maximum Gasteiger partial charge on any atom is 0.333 e. The topological polar surface area (TPSA) is 73.5 Å². The molecule has 0 unspecified atom stereocenters. The number of piperidine rings is 1. The number of likely N-dealkylation sites (tertiary alicyclic amines) is 1. The van der Waals surface area contributed by atoms with Gasteiger partial charge in [0, 0.05) is 25.7 Å². The van der Waals surface area contributed by atoms with E-state index >= 15 is 0 Å². The molecule has 0 saturated carbocycles. The molecule has 1 aliphatic rings. The Bertz CT molecular complexity index is 430. The van der Waals surface area contributed by atoms with Gasteiger partial charge in [0.2, 0.25) is 6.41 Å². The third-order valence-electron chi connectivity index (χ3n) is 3.42. The number of urea groups is 1. The lowest BCUT2D eigenvalue weighted by atomic mass is 10.0. The van der Waals surface area contributed by atoms with Gasteiger partial charge < -0.3 is 5.32 Å². The molecule has 6 heteroatoms. The van der Waals surface area contributed by atoms with Gasteiger partial charge in [-0.15, -0.1) is 0 Å². The molecule has 0 spiro atoms. The molecule has 1 aromatic rings. The molecule has 3 N–H and O–H groups in total. The summed E-state index contributed by atoms with van der Waals surface area (Å²) in [5.74, 6) is 0. The number of carbonyl (C=O) groups excluding carboxylic acids is 2. The zero-order valence-electron chi connectivity index (χ0n) is 11.3. The van der Waals surface area contributed by atoms with Crippen LogP contribution in [-0.4, -0.2) is 36.5 Å². The lowest BCUT2D eigenvalue weighted by Gasteiger charge is -2.32. The van der Waals surface area contributed by atoms with Crippen molar-refractivity contribution in [3.05, 3.63) is 35.9 Å². The van der Waals surface area contributed by atoms with Crippen LogP contribution in [0.3, 0.4) is 0 Å². The van der Waals surface area contributed by atoms with Crippen LogP contribution in [0.5, 0.6) is 0 Å². The Morgan fingerprint density at radius 2 is 1.95 bits per heavy atom. The van der Waals surface area contributed by atoms with E-state index in [1.165, 1.54) is 5.56 Å². The number of nitrogens with one attached hydrogen (secondary N) is 3. The Kier molecular flexibility index (Phi) is 5.37. The number of benzene rings is 1. The monoisotopic (exact) mass is 276 g/mol. The second-order valence-electron chi connectivity index (χ2n) is 4.90. The van der Waals surface area contributed by atoms with Gasteiger partial charge in [-0.05, 0) is 18.4 Å². The minimum atomic E-state index is -0.362. The molecule has 0 aliphatic carbocycles. The summed E-state index contributed by atoms with van der Waals surface area (Å²) in [5, 5.41) is 2.84. The van der Waals surface area contributed by atoms with Gasteiger partial charge >= 0.3 is 6.03 Å². The number of hydrogen-bond acceptors (Lipinski definition) is 3. The molecular formula is C14H20N4O2. The summed E-state index contributed by atoms with van der Waals surface area (Å²) in [6, 6.07) is 10.2. The normalized spacial score (nSPS) is 16.4. The first-order valence-corrected chi connectivity index (χ1v) is 6.80. The van der Waals surface area contributed by atoms with Crippen molar-refractivity contribution in [2.24, 2.45) is 0 Å². The highest BCUT2D eigenvalue weighted by Crippen LogP contribution is 2.13. The highest BCUT2D eigenvalue weighted by Gasteiger charge is 2.20. The Balaban J connectivity index is 1.70. The van der Waals surface area contributed by atoms with Crippen LogP contribution in [0.25, 0.3) is 0 Å². The molecule has 3 amide bonds. The van der Waals surface area contributed by atoms with E-state index in [-0.39, 0.29) is 12.1 Å². The Morgan fingerprint density at radius 3 is 2.60 bits per heavy atom. The molecule has 1 fully saturated rings. The van der Waals surface area contributed by atoms with E-state index < -0.39 is 0 Å². The maximum absolute atomic E-state index is 11.4. The van der Waals surface area contributed by atoms with Gasteiger partial charge in [0.15, 0.2) is 0 Å². The minimum Gasteiger partial charge on any atom is -0.334 e. The van der Waals surface area contributed by atoms with Gasteiger partial charge in [0.25, 0.3) is 0 Å². The van der Waals surface area contributed by atoms with Crippen molar-refractivity contribution in [1.29, 1.82) is 0 Å². The average Bonchev–Trinajstić information content (AvgIpc) is 2.48. The number of carbonyl (C=O) groups is 2. The number of rotatable bonds is 5. The van der Waals surface area contributed by atoms with Crippen molar-refractivity contribution in [3.63, 3.8) is 0 Å². The Hall–Kier alpha value is -2.08. The zero-order valence-corrected chi connectivity index (χ0v) is 11.3. The van der Waals surface area contributed by atoms with Gasteiger partial charge in [-0.25, -0.2) is 10.2 Å². The van der Waals surface area contributed by atoms with Crippen LogP contribution in [0.4, 0.5) is 4.79 Å². The standard InChI is InChI=1S/C14H20N4O2/c19-11-15-17-14(20)16-13-6-8-18(9-7-13)10-12-4-2-1-3-5-12/h1-5,11,13H,6-10H2,(H,15,19)(H2,16,17,20). The Morgan fingerprint density at radius 1 is 1.25 bits per heavy atom. The first-order valence-electron chi connectivity index (χ1n) is 6.80. The van der Waals surface area contributed by atoms with Crippen LogP contribution >= 0.6 is 0 Å². The molecule has 20 heavy (non-hydrogen) atoms. The van der Waals surface area contributed by atoms with Crippen molar-refractivity contribution in [2.75, 3.05) is 13.1 Å². The molecule has 0 bridgehead atoms. The summed E-state index contributed by atoms with van der Waals surface area (Å²) in [6.07, 6.45) is 2.27. The van der Waals surface area contributed by atoms with E-state index in [9.17, 15) is 9.59 Å². The van der Waals surface area contributed by atoms with Crippen LogP contribution in [0.15, 0.2) is 30.3 Å². The lowest BCUT2D eigenvalue weighted by molar-refractivity contribution is -0.110. The van der Waals surface area contributed by atoms with Crippen molar-refractivity contribution in [1.82, 2.24) is 21.1 Å². The number of hydrazine groups is 1. The van der Waals surface area contributed by atoms with Crippen LogP contribution in [-0.2, 0) is 11.3 Å². The average molecular weight is 276 g/mol. The van der Waals surface area contributed by atoms with Crippen molar-refractivity contribution >= 4 is 12.4 Å². The molecule has 1 saturated heterocycles. The second-order valence-corrected chi connectivity index (χ2v) is 4.90. The summed E-state index contributed by atoms with van der Waals surface area (Å²) in [5.41, 5.74) is 5.69. The molecule has 0 aromatic heterocycles. The molecule has 0 radical (unpaired) electrons. The summed E-state index contributed by atoms with van der Waals surface area (Å²) >= 11 is 0. The molecule has 108 valence electrons. The van der Waals surface area contributed by atoms with Gasteiger partial charge in [-0.2, -0.15) is 0 Å². The first-order chi connectivity index (χ1) is 9.78. The van der Waals surface area contributed by atoms with E-state index in [1.54, 1.807) is 0 Å². The second kappa shape index (κ2) is 7.49. The van der Waals surface area contributed by atoms with Crippen molar-refractivity contribution < 1.29 is 9.59 Å². The lowest BCUT2D eigenvalue weighted by Crippen LogP contribution is -2.50. The van der Waals surface area contributed by atoms with Gasteiger partial charge in [-0.3, -0.25) is 15.1 Å². The van der Waals surface area contributed by atoms with Gasteiger partial charge in [-0.1, -0.05) is 30.3 Å². The van der Waals surface area contributed by atoms with E-state index in [4.69, 9.17) is 0 Å². The van der Waals surface area contributed by atoms with Gasteiger partial charge in [0.05, 0.1) is 0 Å². The van der Waals surface area contributed by atoms with Crippen LogP contribution in [0, 0.1) is 0 Å². The number of hydrogen-bond donors (Lipinski definition) is 3.